The number of ether oxygens (including phenoxy) is 1. The van der Waals surface area contributed by atoms with Crippen molar-refractivity contribution in [1.82, 2.24) is 0 Å². The molecule has 0 aliphatic rings. The summed E-state index contributed by atoms with van der Waals surface area (Å²) in [6, 6.07) is 7.31. The third-order valence-electron chi connectivity index (χ3n) is 2.45. The Morgan fingerprint density at radius 2 is 2.06 bits per heavy atom. The fraction of sp³-hybridized carbons (Fsp3) is 0.0769. The Kier molecular flexibility index (Phi) is 3.30. The molecule has 18 heavy (non-hydrogen) atoms. The second kappa shape index (κ2) is 4.74. The van der Waals surface area contributed by atoms with E-state index in [4.69, 9.17) is 22.1 Å². The minimum atomic E-state index is -0.610. The van der Waals surface area contributed by atoms with Gasteiger partial charge in [0, 0.05) is 6.07 Å². The summed E-state index contributed by atoms with van der Waals surface area (Å²) in [7, 11) is 0. The van der Waals surface area contributed by atoms with Gasteiger partial charge in [0.1, 0.15) is 11.6 Å². The first-order valence-corrected chi connectivity index (χ1v) is 5.58. The van der Waals surface area contributed by atoms with Crippen molar-refractivity contribution in [3.8, 4) is 17.2 Å². The highest BCUT2D eigenvalue weighted by Gasteiger charge is 2.12. The number of phenols is 1. The molecule has 0 spiro atoms. The van der Waals surface area contributed by atoms with Crippen LogP contribution in [0.4, 0.5) is 10.1 Å². The van der Waals surface area contributed by atoms with Gasteiger partial charge in [-0.05, 0) is 24.6 Å². The zero-order valence-corrected chi connectivity index (χ0v) is 10.3. The first kappa shape index (κ1) is 12.5. The van der Waals surface area contributed by atoms with Crippen LogP contribution in [0.5, 0.6) is 17.2 Å². The zero-order chi connectivity index (χ0) is 13.3. The molecular formula is C13H11ClFNO2. The standard InChI is InChI=1S/C13H11ClFNO2/c1-7-3-2-4-11(17)13(7)18-12-6-10(16)9(15)5-8(12)14/h2-6,17H,16H2,1H3. The van der Waals surface area contributed by atoms with E-state index in [1.165, 1.54) is 12.1 Å². The third kappa shape index (κ3) is 2.33. The Bertz CT molecular complexity index is 582. The summed E-state index contributed by atoms with van der Waals surface area (Å²) < 4.78 is 18.6. The number of aromatic hydroxyl groups is 1. The van der Waals surface area contributed by atoms with Crippen LogP contribution in [-0.4, -0.2) is 5.11 Å². The Labute approximate surface area is 109 Å². The maximum absolute atomic E-state index is 13.1. The predicted molar refractivity (Wildman–Crippen MR) is 68.7 cm³/mol. The topological polar surface area (TPSA) is 55.5 Å². The molecule has 0 aliphatic heterocycles. The number of aryl methyl sites for hydroxylation is 1. The van der Waals surface area contributed by atoms with E-state index in [2.05, 4.69) is 0 Å². The van der Waals surface area contributed by atoms with Gasteiger partial charge in [0.15, 0.2) is 11.5 Å². The lowest BCUT2D eigenvalue weighted by Crippen LogP contribution is -1.94. The molecule has 0 amide bonds. The maximum atomic E-state index is 13.1. The Hall–Kier alpha value is -1.94. The van der Waals surface area contributed by atoms with Gasteiger partial charge in [-0.15, -0.1) is 0 Å². The van der Waals surface area contributed by atoms with Crippen molar-refractivity contribution >= 4 is 17.3 Å². The Balaban J connectivity index is 2.43. The SMILES string of the molecule is Cc1cccc(O)c1Oc1cc(N)c(F)cc1Cl. The van der Waals surface area contributed by atoms with E-state index >= 15 is 0 Å². The van der Waals surface area contributed by atoms with Crippen molar-refractivity contribution in [2.75, 3.05) is 5.73 Å². The monoisotopic (exact) mass is 267 g/mol. The van der Waals surface area contributed by atoms with E-state index in [1.54, 1.807) is 19.1 Å². The minimum absolute atomic E-state index is 0.0195. The number of rotatable bonds is 2. The summed E-state index contributed by atoms with van der Waals surface area (Å²) in [6.45, 7) is 1.77. The summed E-state index contributed by atoms with van der Waals surface area (Å²) in [5.41, 5.74) is 6.11. The van der Waals surface area contributed by atoms with Gasteiger partial charge >= 0.3 is 0 Å². The number of nitrogen functional groups attached to an aromatic ring is 1. The molecule has 3 N–H and O–H groups in total. The second-order valence-electron chi connectivity index (χ2n) is 3.83. The van der Waals surface area contributed by atoms with Crippen LogP contribution in [0.25, 0.3) is 0 Å². The largest absolute Gasteiger partial charge is 0.504 e. The number of benzene rings is 2. The van der Waals surface area contributed by atoms with Crippen LogP contribution in [0, 0.1) is 12.7 Å². The molecule has 0 heterocycles. The fourth-order valence-corrected chi connectivity index (χ4v) is 1.69. The van der Waals surface area contributed by atoms with Gasteiger partial charge in [0.2, 0.25) is 0 Å². The predicted octanol–water partition coefficient (Wildman–Crippen LogP) is 3.87. The van der Waals surface area contributed by atoms with Gasteiger partial charge in [0.05, 0.1) is 10.7 Å². The van der Waals surface area contributed by atoms with Crippen molar-refractivity contribution < 1.29 is 14.2 Å². The smallest absolute Gasteiger partial charge is 0.172 e. The van der Waals surface area contributed by atoms with Gasteiger partial charge in [-0.2, -0.15) is 0 Å². The summed E-state index contributed by atoms with van der Waals surface area (Å²) in [6.07, 6.45) is 0. The molecule has 0 saturated heterocycles. The van der Waals surface area contributed by atoms with Gasteiger partial charge < -0.3 is 15.6 Å². The lowest BCUT2D eigenvalue weighted by molar-refractivity contribution is 0.409. The minimum Gasteiger partial charge on any atom is -0.504 e. The van der Waals surface area contributed by atoms with Crippen LogP contribution in [0.3, 0.4) is 0 Å². The number of anilines is 1. The van der Waals surface area contributed by atoms with Gasteiger partial charge in [0.25, 0.3) is 0 Å². The van der Waals surface area contributed by atoms with Crippen LogP contribution in [0.15, 0.2) is 30.3 Å². The fourth-order valence-electron chi connectivity index (χ4n) is 1.50. The zero-order valence-electron chi connectivity index (χ0n) is 9.58. The number of para-hydroxylation sites is 1. The van der Waals surface area contributed by atoms with Crippen LogP contribution in [-0.2, 0) is 0 Å². The molecule has 3 nitrogen and oxygen atoms in total. The first-order valence-electron chi connectivity index (χ1n) is 5.20. The van der Waals surface area contributed by atoms with Crippen molar-refractivity contribution in [2.45, 2.75) is 6.92 Å². The highest BCUT2D eigenvalue weighted by Crippen LogP contribution is 2.38. The number of hydrogen-bond donors (Lipinski definition) is 2. The molecule has 2 aromatic carbocycles. The van der Waals surface area contributed by atoms with Crippen molar-refractivity contribution in [1.29, 1.82) is 0 Å². The van der Waals surface area contributed by atoms with Gasteiger partial charge in [-0.25, -0.2) is 4.39 Å². The average molecular weight is 268 g/mol. The van der Waals surface area contributed by atoms with Crippen LogP contribution < -0.4 is 10.5 Å². The van der Waals surface area contributed by atoms with Crippen molar-refractivity contribution in [2.24, 2.45) is 0 Å². The number of nitrogens with two attached hydrogens (primary N) is 1. The van der Waals surface area contributed by atoms with Gasteiger partial charge in [-0.3, -0.25) is 0 Å². The average Bonchev–Trinajstić information content (AvgIpc) is 2.30. The molecular weight excluding hydrogens is 257 g/mol. The van der Waals surface area contributed by atoms with Gasteiger partial charge in [-0.1, -0.05) is 23.7 Å². The lowest BCUT2D eigenvalue weighted by Gasteiger charge is -2.12. The number of phenolic OH excluding ortho intramolecular Hbond substituents is 1. The highest BCUT2D eigenvalue weighted by atomic mass is 35.5. The van der Waals surface area contributed by atoms with Crippen molar-refractivity contribution in [3.63, 3.8) is 0 Å². The normalized spacial score (nSPS) is 10.4. The van der Waals surface area contributed by atoms with Crippen LogP contribution in [0.2, 0.25) is 5.02 Å². The van der Waals surface area contributed by atoms with E-state index in [0.717, 1.165) is 11.6 Å². The molecule has 0 unspecified atom stereocenters. The Morgan fingerprint density at radius 3 is 2.72 bits per heavy atom. The van der Waals surface area contributed by atoms with Crippen LogP contribution >= 0.6 is 11.6 Å². The number of halogens is 2. The molecule has 5 heteroatoms. The lowest BCUT2D eigenvalue weighted by atomic mass is 10.2. The number of hydrogen-bond acceptors (Lipinski definition) is 3. The molecule has 0 aromatic heterocycles. The summed E-state index contributed by atoms with van der Waals surface area (Å²) in [4.78, 5) is 0. The maximum Gasteiger partial charge on any atom is 0.172 e. The molecule has 94 valence electrons. The van der Waals surface area contributed by atoms with Crippen molar-refractivity contribution in [3.05, 3.63) is 46.7 Å². The van der Waals surface area contributed by atoms with Crippen LogP contribution in [0.1, 0.15) is 5.56 Å². The molecule has 0 saturated carbocycles. The first-order chi connectivity index (χ1) is 8.49. The molecule has 2 rings (SSSR count). The van der Waals surface area contributed by atoms with E-state index < -0.39 is 5.82 Å². The summed E-state index contributed by atoms with van der Waals surface area (Å²) in [5.74, 6) is -0.166. The molecule has 0 radical (unpaired) electrons. The molecule has 0 atom stereocenters. The molecule has 0 aliphatic carbocycles. The highest BCUT2D eigenvalue weighted by molar-refractivity contribution is 6.32. The van der Waals surface area contributed by atoms with E-state index in [1.807, 2.05) is 0 Å². The van der Waals surface area contributed by atoms with E-state index in [9.17, 15) is 9.50 Å². The molecule has 2 aromatic rings. The van der Waals surface area contributed by atoms with E-state index in [0.29, 0.717) is 0 Å². The molecule has 0 fully saturated rings. The second-order valence-corrected chi connectivity index (χ2v) is 4.24. The Morgan fingerprint density at radius 1 is 1.33 bits per heavy atom. The van der Waals surface area contributed by atoms with E-state index in [-0.39, 0.29) is 28.0 Å². The summed E-state index contributed by atoms with van der Waals surface area (Å²) in [5, 5.41) is 9.78. The molecule has 0 bridgehead atoms. The summed E-state index contributed by atoms with van der Waals surface area (Å²) >= 11 is 5.85. The quantitative estimate of drug-likeness (QED) is 0.812. The third-order valence-corrected chi connectivity index (χ3v) is 2.75.